The van der Waals surface area contributed by atoms with Gasteiger partial charge in [-0.15, -0.1) is 0 Å². The molecule has 1 aliphatic heterocycles. The van der Waals surface area contributed by atoms with E-state index in [-0.39, 0.29) is 24.2 Å². The van der Waals surface area contributed by atoms with Gasteiger partial charge in [-0.2, -0.15) is 4.98 Å². The van der Waals surface area contributed by atoms with E-state index in [0.29, 0.717) is 42.9 Å². The fourth-order valence-corrected chi connectivity index (χ4v) is 5.64. The molecule has 1 aromatic heterocycles. The number of para-hydroxylation sites is 2. The zero-order valence-electron chi connectivity index (χ0n) is 20.8. The monoisotopic (exact) mass is 508 g/mol. The number of nitrogens with zero attached hydrogens (tertiary/aromatic N) is 2. The Morgan fingerprint density at radius 3 is 2.76 bits per heavy atom. The number of halogens is 1. The SMILES string of the molecule is O=C(O)CC(CN1CCc2cc(F)ccc21)NC(=O)C(CC1CCCCC1)Nc1nc2ccccc2o1. The van der Waals surface area contributed by atoms with E-state index in [9.17, 15) is 19.1 Å². The van der Waals surface area contributed by atoms with Crippen LogP contribution in [0.5, 0.6) is 0 Å². The molecule has 1 fully saturated rings. The molecule has 1 saturated carbocycles. The Morgan fingerprint density at radius 1 is 1.16 bits per heavy atom. The average molecular weight is 509 g/mol. The molecule has 2 heterocycles. The lowest BCUT2D eigenvalue weighted by Crippen LogP contribution is -2.50. The van der Waals surface area contributed by atoms with E-state index in [2.05, 4.69) is 15.6 Å². The van der Waals surface area contributed by atoms with Crippen LogP contribution >= 0.6 is 0 Å². The van der Waals surface area contributed by atoms with Crippen LogP contribution in [0.4, 0.5) is 16.1 Å². The van der Waals surface area contributed by atoms with Crippen LogP contribution in [0.3, 0.4) is 0 Å². The highest BCUT2D eigenvalue weighted by Gasteiger charge is 2.30. The number of aromatic nitrogens is 1. The predicted octanol–water partition coefficient (Wildman–Crippen LogP) is 4.74. The maximum Gasteiger partial charge on any atom is 0.305 e. The summed E-state index contributed by atoms with van der Waals surface area (Å²) in [5.41, 5.74) is 3.12. The first-order valence-electron chi connectivity index (χ1n) is 13.1. The Kier molecular flexibility index (Phi) is 7.58. The van der Waals surface area contributed by atoms with Gasteiger partial charge in [-0.3, -0.25) is 9.59 Å². The number of nitrogens with one attached hydrogen (secondary N) is 2. The minimum absolute atomic E-state index is 0.211. The highest BCUT2D eigenvalue weighted by molar-refractivity contribution is 5.85. The molecule has 2 unspecified atom stereocenters. The second-order valence-electron chi connectivity index (χ2n) is 10.2. The van der Waals surface area contributed by atoms with E-state index in [1.54, 1.807) is 6.07 Å². The van der Waals surface area contributed by atoms with Crippen LogP contribution < -0.4 is 15.5 Å². The maximum absolute atomic E-state index is 13.7. The van der Waals surface area contributed by atoms with Crippen molar-refractivity contribution in [1.82, 2.24) is 10.3 Å². The number of rotatable bonds is 10. The Labute approximate surface area is 215 Å². The van der Waals surface area contributed by atoms with Crippen molar-refractivity contribution < 1.29 is 23.5 Å². The first kappa shape index (κ1) is 25.0. The van der Waals surface area contributed by atoms with Crippen LogP contribution in [0.2, 0.25) is 0 Å². The molecule has 3 aromatic rings. The molecule has 37 heavy (non-hydrogen) atoms. The first-order chi connectivity index (χ1) is 17.9. The summed E-state index contributed by atoms with van der Waals surface area (Å²) in [5.74, 6) is -1.14. The Hall–Kier alpha value is -3.62. The van der Waals surface area contributed by atoms with E-state index < -0.39 is 18.1 Å². The van der Waals surface area contributed by atoms with Gasteiger partial charge in [0.2, 0.25) is 5.91 Å². The van der Waals surface area contributed by atoms with Crippen LogP contribution in [0.1, 0.15) is 50.5 Å². The molecule has 8 nitrogen and oxygen atoms in total. The van der Waals surface area contributed by atoms with Crippen molar-refractivity contribution in [3.63, 3.8) is 0 Å². The number of fused-ring (bicyclic) bond motifs is 2. The fraction of sp³-hybridized carbons (Fsp3) is 0.464. The molecule has 0 bridgehead atoms. The molecule has 2 aromatic carbocycles. The molecular formula is C28H33FN4O4. The molecule has 0 radical (unpaired) electrons. The topological polar surface area (TPSA) is 108 Å². The molecule has 0 spiro atoms. The third kappa shape index (κ3) is 6.21. The number of benzene rings is 2. The summed E-state index contributed by atoms with van der Waals surface area (Å²) in [4.78, 5) is 31.8. The average Bonchev–Trinajstić information content (AvgIpc) is 3.46. The number of oxazole rings is 1. The van der Waals surface area contributed by atoms with Crippen molar-refractivity contribution >= 4 is 34.7 Å². The number of carbonyl (C=O) groups excluding carboxylic acids is 1. The molecule has 196 valence electrons. The molecule has 5 rings (SSSR count). The Morgan fingerprint density at radius 2 is 1.97 bits per heavy atom. The lowest BCUT2D eigenvalue weighted by Gasteiger charge is -2.29. The van der Waals surface area contributed by atoms with Gasteiger partial charge in [0, 0.05) is 18.8 Å². The highest BCUT2D eigenvalue weighted by Crippen LogP contribution is 2.30. The number of hydrogen-bond donors (Lipinski definition) is 3. The number of carbonyl (C=O) groups is 2. The van der Waals surface area contributed by atoms with Gasteiger partial charge in [0.1, 0.15) is 17.4 Å². The molecule has 1 amide bonds. The highest BCUT2D eigenvalue weighted by atomic mass is 19.1. The van der Waals surface area contributed by atoms with Crippen molar-refractivity contribution in [3.8, 4) is 0 Å². The van der Waals surface area contributed by atoms with E-state index in [1.165, 1.54) is 18.6 Å². The van der Waals surface area contributed by atoms with Crippen LogP contribution in [-0.2, 0) is 16.0 Å². The fourth-order valence-electron chi connectivity index (χ4n) is 5.64. The zero-order valence-corrected chi connectivity index (χ0v) is 20.8. The van der Waals surface area contributed by atoms with Gasteiger partial charge in [0.15, 0.2) is 5.58 Å². The van der Waals surface area contributed by atoms with Crippen molar-refractivity contribution in [2.45, 2.75) is 63.5 Å². The normalized spacial score (nSPS) is 17.4. The summed E-state index contributed by atoms with van der Waals surface area (Å²) in [5, 5.41) is 15.7. The Balaban J connectivity index is 1.32. The minimum Gasteiger partial charge on any atom is -0.481 e. The standard InChI is InChI=1S/C28H33FN4O4/c29-20-10-11-24-19(15-20)12-13-33(24)17-21(16-26(34)35)30-27(36)23(14-18-6-2-1-3-7-18)32-28-31-22-8-4-5-9-25(22)37-28/h4-5,8-11,15,18,21,23H,1-3,6-7,12-14,16-17H2,(H,30,36)(H,31,32)(H,34,35). The smallest absolute Gasteiger partial charge is 0.305 e. The van der Waals surface area contributed by atoms with Crippen LogP contribution in [-0.4, -0.2) is 47.1 Å². The first-order valence-corrected chi connectivity index (χ1v) is 13.1. The van der Waals surface area contributed by atoms with E-state index >= 15 is 0 Å². The van der Waals surface area contributed by atoms with Crippen molar-refractivity contribution in [3.05, 3.63) is 53.8 Å². The number of aliphatic carboxylic acids is 1. The third-order valence-corrected chi connectivity index (χ3v) is 7.44. The predicted molar refractivity (Wildman–Crippen MR) is 139 cm³/mol. The number of amides is 1. The summed E-state index contributed by atoms with van der Waals surface area (Å²) in [6.07, 6.45) is 6.75. The Bertz CT molecular complexity index is 1220. The second-order valence-corrected chi connectivity index (χ2v) is 10.2. The molecule has 3 N–H and O–H groups in total. The van der Waals surface area contributed by atoms with Gasteiger partial charge in [-0.1, -0.05) is 44.2 Å². The van der Waals surface area contributed by atoms with Gasteiger partial charge in [-0.05, 0) is 54.7 Å². The lowest BCUT2D eigenvalue weighted by atomic mass is 9.84. The van der Waals surface area contributed by atoms with Crippen LogP contribution in [0.25, 0.3) is 11.1 Å². The number of anilines is 2. The molecule has 9 heteroatoms. The summed E-state index contributed by atoms with van der Waals surface area (Å²) in [6.45, 7) is 0.979. The number of carboxylic acid groups (broad SMARTS) is 1. The van der Waals surface area contributed by atoms with Crippen molar-refractivity contribution in [2.24, 2.45) is 5.92 Å². The molecule has 1 aliphatic carbocycles. The van der Waals surface area contributed by atoms with E-state index in [4.69, 9.17) is 4.42 Å². The van der Waals surface area contributed by atoms with Crippen molar-refractivity contribution in [1.29, 1.82) is 0 Å². The lowest BCUT2D eigenvalue weighted by molar-refractivity contribution is -0.137. The third-order valence-electron chi connectivity index (χ3n) is 7.44. The second kappa shape index (κ2) is 11.2. The van der Waals surface area contributed by atoms with Gasteiger partial charge >= 0.3 is 5.97 Å². The largest absolute Gasteiger partial charge is 0.481 e. The number of hydrogen-bond acceptors (Lipinski definition) is 6. The number of carboxylic acids is 1. The van der Waals surface area contributed by atoms with E-state index in [1.807, 2.05) is 29.2 Å². The molecule has 0 saturated heterocycles. The van der Waals surface area contributed by atoms with Gasteiger partial charge < -0.3 is 25.1 Å². The molecular weight excluding hydrogens is 475 g/mol. The summed E-state index contributed by atoms with van der Waals surface area (Å²) in [6, 6.07) is 11.1. The van der Waals surface area contributed by atoms with E-state index in [0.717, 1.165) is 36.9 Å². The molecule has 2 atom stereocenters. The van der Waals surface area contributed by atoms with Crippen molar-refractivity contribution in [2.75, 3.05) is 23.3 Å². The zero-order chi connectivity index (χ0) is 25.8. The summed E-state index contributed by atoms with van der Waals surface area (Å²) in [7, 11) is 0. The quantitative estimate of drug-likeness (QED) is 0.363. The van der Waals surface area contributed by atoms with Gasteiger partial charge in [0.25, 0.3) is 6.01 Å². The summed E-state index contributed by atoms with van der Waals surface area (Å²) < 4.78 is 19.5. The summed E-state index contributed by atoms with van der Waals surface area (Å²) >= 11 is 0. The maximum atomic E-state index is 13.7. The van der Waals surface area contributed by atoms with Crippen LogP contribution in [0, 0.1) is 11.7 Å². The molecule has 2 aliphatic rings. The van der Waals surface area contributed by atoms with Crippen LogP contribution in [0.15, 0.2) is 46.9 Å². The minimum atomic E-state index is -0.987. The van der Waals surface area contributed by atoms with Gasteiger partial charge in [-0.25, -0.2) is 4.39 Å². The van der Waals surface area contributed by atoms with Gasteiger partial charge in [0.05, 0.1) is 12.5 Å².